The summed E-state index contributed by atoms with van der Waals surface area (Å²) >= 11 is 0. The molecule has 0 aliphatic carbocycles. The summed E-state index contributed by atoms with van der Waals surface area (Å²) in [6.45, 7) is 3.49. The molecule has 0 spiro atoms. The second-order valence-corrected chi connectivity index (χ2v) is 10.2. The molecular weight excluding hydrogens is 541 g/mol. The quantitative estimate of drug-likeness (QED) is 0.256. The Balaban J connectivity index is 1.19. The van der Waals surface area contributed by atoms with Gasteiger partial charge in [-0.3, -0.25) is 4.79 Å². The van der Waals surface area contributed by atoms with E-state index in [0.29, 0.717) is 12.1 Å². The maximum absolute atomic E-state index is 13.4. The Hall–Kier alpha value is -4.70. The Morgan fingerprint density at radius 2 is 1.64 bits per heavy atom. The molecule has 6 rings (SSSR count). The minimum atomic E-state index is -4.37. The highest BCUT2D eigenvalue weighted by Crippen LogP contribution is 2.33. The largest absolute Gasteiger partial charge is 0.416 e. The predicted octanol–water partition coefficient (Wildman–Crippen LogP) is 5.86. The molecule has 1 aliphatic heterocycles. The third-order valence-electron chi connectivity index (χ3n) is 7.48. The van der Waals surface area contributed by atoms with E-state index < -0.39 is 11.7 Å². The average molecular weight is 571 g/mol. The molecule has 3 aromatic carbocycles. The molecule has 0 atom stereocenters. The summed E-state index contributed by atoms with van der Waals surface area (Å²) in [7, 11) is 0. The summed E-state index contributed by atoms with van der Waals surface area (Å²) in [6.07, 6.45) is -0.224. The molecule has 2 N–H and O–H groups in total. The number of amides is 1. The number of aryl methyl sites for hydroxylation is 2. The number of hydrogen-bond acceptors (Lipinski definition) is 5. The number of fused-ring (bicyclic) bond motifs is 1. The van der Waals surface area contributed by atoms with Crippen LogP contribution in [0.15, 0.2) is 91.3 Å². The highest BCUT2D eigenvalue weighted by atomic mass is 19.4. The molecule has 214 valence electrons. The van der Waals surface area contributed by atoms with E-state index in [4.69, 9.17) is 0 Å². The maximum Gasteiger partial charge on any atom is 0.416 e. The Morgan fingerprint density at radius 3 is 2.43 bits per heavy atom. The zero-order valence-electron chi connectivity index (χ0n) is 22.7. The highest BCUT2D eigenvalue weighted by Gasteiger charge is 2.32. The lowest BCUT2D eigenvalue weighted by molar-refractivity contribution is -0.138. The lowest BCUT2D eigenvalue weighted by Crippen LogP contribution is -2.43. The van der Waals surface area contributed by atoms with Crippen LogP contribution in [0, 0.1) is 0 Å². The van der Waals surface area contributed by atoms with Gasteiger partial charge < -0.3 is 15.5 Å². The second kappa shape index (κ2) is 11.7. The summed E-state index contributed by atoms with van der Waals surface area (Å²) < 4.78 is 41.7. The number of piperazine rings is 1. The number of para-hydroxylation sites is 2. The van der Waals surface area contributed by atoms with Gasteiger partial charge in [0.15, 0.2) is 5.65 Å². The molecule has 1 amide bonds. The van der Waals surface area contributed by atoms with Gasteiger partial charge in [0.25, 0.3) is 5.91 Å². The summed E-state index contributed by atoms with van der Waals surface area (Å²) in [6, 6.07) is 22.7. The molecule has 42 heavy (non-hydrogen) atoms. The smallest absolute Gasteiger partial charge is 0.367 e. The lowest BCUT2D eigenvalue weighted by Gasteiger charge is -2.31. The number of nitrogens with one attached hydrogen (secondary N) is 2. The van der Waals surface area contributed by atoms with Crippen molar-refractivity contribution in [3.05, 3.63) is 114 Å². The number of nitrogens with zero attached hydrogens (tertiary/aromatic N) is 4. The van der Waals surface area contributed by atoms with Crippen molar-refractivity contribution in [2.45, 2.75) is 19.0 Å². The van der Waals surface area contributed by atoms with Crippen LogP contribution in [0.5, 0.6) is 0 Å². The van der Waals surface area contributed by atoms with Crippen LogP contribution in [0.2, 0.25) is 0 Å². The minimum absolute atomic E-state index is 0.263. The minimum Gasteiger partial charge on any atom is -0.367 e. The number of rotatable bonds is 7. The Morgan fingerprint density at radius 1 is 0.905 bits per heavy atom. The van der Waals surface area contributed by atoms with Gasteiger partial charge in [-0.15, -0.1) is 0 Å². The van der Waals surface area contributed by atoms with Gasteiger partial charge in [-0.05, 0) is 53.8 Å². The van der Waals surface area contributed by atoms with Crippen molar-refractivity contribution in [3.8, 4) is 11.1 Å². The molecule has 10 heteroatoms. The molecule has 1 fully saturated rings. The first-order valence-electron chi connectivity index (χ1n) is 13.8. The number of anilines is 2. The highest BCUT2D eigenvalue weighted by molar-refractivity contribution is 6.05. The van der Waals surface area contributed by atoms with E-state index in [0.717, 1.165) is 60.3 Å². The second-order valence-electron chi connectivity index (χ2n) is 10.2. The van der Waals surface area contributed by atoms with E-state index in [2.05, 4.69) is 25.6 Å². The third kappa shape index (κ3) is 5.84. The summed E-state index contributed by atoms with van der Waals surface area (Å²) in [5.74, 6) is -0.318. The van der Waals surface area contributed by atoms with Crippen LogP contribution in [0.4, 0.5) is 24.5 Å². The van der Waals surface area contributed by atoms with Gasteiger partial charge in [0.1, 0.15) is 5.69 Å². The number of benzene rings is 3. The number of halogens is 3. The van der Waals surface area contributed by atoms with Crippen molar-refractivity contribution in [2.75, 3.05) is 36.4 Å². The maximum atomic E-state index is 13.4. The van der Waals surface area contributed by atoms with Gasteiger partial charge >= 0.3 is 6.18 Å². The molecule has 0 radical (unpaired) electrons. The van der Waals surface area contributed by atoms with Crippen molar-refractivity contribution in [1.29, 1.82) is 0 Å². The monoisotopic (exact) mass is 570 g/mol. The lowest BCUT2D eigenvalue weighted by atomic mass is 9.98. The van der Waals surface area contributed by atoms with Crippen LogP contribution in [-0.4, -0.2) is 46.7 Å². The fourth-order valence-corrected chi connectivity index (χ4v) is 5.29. The Bertz CT molecular complexity index is 1710. The SMILES string of the molecule is O=C(Nc1ccccc1N1CCNCC1)c1ccn2ncc(-c3ccc(CCc4ccccc4C(F)(F)F)cc3)c2n1. The van der Waals surface area contributed by atoms with Crippen LogP contribution in [-0.2, 0) is 19.0 Å². The number of hydrogen-bond donors (Lipinski definition) is 2. The van der Waals surface area contributed by atoms with Gasteiger partial charge in [0.05, 0.1) is 23.1 Å². The standard InChI is InChI=1S/C32H29F3N6O/c33-32(34,35)26-6-2-1-5-24(26)14-11-22-9-12-23(13-10-22)25-21-37-41-18-15-28(38-30(25)41)31(42)39-27-7-3-4-8-29(27)40-19-16-36-17-20-40/h1-10,12-13,15,18,21,36H,11,14,16-17,19-20H2,(H,39,42). The van der Waals surface area contributed by atoms with Crippen molar-refractivity contribution in [2.24, 2.45) is 0 Å². The van der Waals surface area contributed by atoms with Gasteiger partial charge in [-0.25, -0.2) is 9.50 Å². The van der Waals surface area contributed by atoms with Crippen LogP contribution >= 0.6 is 0 Å². The van der Waals surface area contributed by atoms with E-state index in [1.54, 1.807) is 29.0 Å². The van der Waals surface area contributed by atoms with E-state index in [-0.39, 0.29) is 23.6 Å². The third-order valence-corrected chi connectivity index (χ3v) is 7.48. The Labute approximate surface area is 241 Å². The van der Waals surface area contributed by atoms with Gasteiger partial charge in [-0.1, -0.05) is 54.6 Å². The first-order valence-corrected chi connectivity index (χ1v) is 13.8. The Kier molecular flexibility index (Phi) is 7.62. The number of carbonyl (C=O) groups excluding carboxylic acids is 1. The molecule has 3 heterocycles. The van der Waals surface area contributed by atoms with E-state index in [1.807, 2.05) is 48.5 Å². The molecule has 1 saturated heterocycles. The van der Waals surface area contributed by atoms with Crippen LogP contribution in [0.1, 0.15) is 27.2 Å². The molecule has 5 aromatic rings. The van der Waals surface area contributed by atoms with E-state index >= 15 is 0 Å². The zero-order valence-corrected chi connectivity index (χ0v) is 22.7. The topological polar surface area (TPSA) is 74.6 Å². The predicted molar refractivity (Wildman–Crippen MR) is 157 cm³/mol. The molecule has 1 aliphatic rings. The first kappa shape index (κ1) is 27.5. The number of aromatic nitrogens is 3. The van der Waals surface area contributed by atoms with Crippen LogP contribution in [0.25, 0.3) is 16.8 Å². The van der Waals surface area contributed by atoms with Crippen molar-refractivity contribution >= 4 is 22.9 Å². The molecular formula is C32H29F3N6O. The van der Waals surface area contributed by atoms with Gasteiger partial charge in [0, 0.05) is 37.9 Å². The summed E-state index contributed by atoms with van der Waals surface area (Å²) in [5, 5.41) is 10.8. The first-order chi connectivity index (χ1) is 20.4. The molecule has 0 bridgehead atoms. The average Bonchev–Trinajstić information content (AvgIpc) is 3.44. The van der Waals surface area contributed by atoms with Crippen LogP contribution < -0.4 is 15.5 Å². The van der Waals surface area contributed by atoms with E-state index in [9.17, 15) is 18.0 Å². The van der Waals surface area contributed by atoms with Gasteiger partial charge in [-0.2, -0.15) is 18.3 Å². The summed E-state index contributed by atoms with van der Waals surface area (Å²) in [4.78, 5) is 20.2. The van der Waals surface area contributed by atoms with Crippen molar-refractivity contribution < 1.29 is 18.0 Å². The van der Waals surface area contributed by atoms with Crippen molar-refractivity contribution in [1.82, 2.24) is 19.9 Å². The zero-order chi connectivity index (χ0) is 29.1. The fourth-order valence-electron chi connectivity index (χ4n) is 5.29. The summed E-state index contributed by atoms with van der Waals surface area (Å²) in [5.41, 5.74) is 4.70. The van der Waals surface area contributed by atoms with Gasteiger partial charge in [0.2, 0.25) is 0 Å². The molecule has 7 nitrogen and oxygen atoms in total. The fraction of sp³-hybridized carbons (Fsp3) is 0.219. The van der Waals surface area contributed by atoms with Crippen LogP contribution in [0.3, 0.4) is 0 Å². The number of alkyl halides is 3. The molecule has 0 unspecified atom stereocenters. The molecule has 0 saturated carbocycles. The molecule has 2 aromatic heterocycles. The van der Waals surface area contributed by atoms with E-state index in [1.165, 1.54) is 12.1 Å². The van der Waals surface area contributed by atoms with Crippen molar-refractivity contribution in [3.63, 3.8) is 0 Å². The normalized spacial score (nSPS) is 13.8. The number of carbonyl (C=O) groups is 1.